The van der Waals surface area contributed by atoms with Crippen LogP contribution in [0, 0.1) is 0 Å². The number of rotatable bonds is 7. The van der Waals surface area contributed by atoms with E-state index in [4.69, 9.17) is 4.74 Å². The van der Waals surface area contributed by atoms with Gasteiger partial charge in [0.05, 0.1) is 6.33 Å². The number of benzene rings is 1. The van der Waals surface area contributed by atoms with Gasteiger partial charge in [-0.05, 0) is 43.7 Å². The summed E-state index contributed by atoms with van der Waals surface area (Å²) in [7, 11) is 0. The quantitative estimate of drug-likeness (QED) is 0.244. The van der Waals surface area contributed by atoms with Crippen LogP contribution in [0.15, 0.2) is 66.5 Å². The Kier molecular flexibility index (Phi) is 7.29. The fourth-order valence-electron chi connectivity index (χ4n) is 1.55. The predicted molar refractivity (Wildman–Crippen MR) is 86.1 cm³/mol. The van der Waals surface area contributed by atoms with Crippen molar-refractivity contribution in [2.75, 3.05) is 0 Å². The third kappa shape index (κ3) is 5.64. The highest BCUT2D eigenvalue weighted by Gasteiger charge is 2.09. The lowest BCUT2D eigenvalue weighted by Crippen LogP contribution is -2.04. The summed E-state index contributed by atoms with van der Waals surface area (Å²) in [5.74, 6) is -1.57. The second kappa shape index (κ2) is 9.19. The first-order chi connectivity index (χ1) is 11.4. The lowest BCUT2D eigenvalue weighted by Gasteiger charge is -2.06. The van der Waals surface area contributed by atoms with Crippen molar-refractivity contribution >= 4 is 18.0 Å². The van der Waals surface area contributed by atoms with Crippen LogP contribution in [0.5, 0.6) is 5.75 Å². The molecule has 0 radical (unpaired) electrons. The Bertz CT molecular complexity index is 709. The first-order valence-corrected chi connectivity index (χ1v) is 6.82. The average molecular weight is 334 g/mol. The van der Waals surface area contributed by atoms with Crippen molar-refractivity contribution < 1.29 is 27.8 Å². The van der Waals surface area contributed by atoms with Gasteiger partial charge in [-0.15, -0.1) is 0 Å². The molecular weight excluding hydrogens is 318 g/mol. The number of hydrogen-bond acceptors (Lipinski definition) is 4. The molecule has 4 nitrogen and oxygen atoms in total. The molecule has 0 saturated carbocycles. The first-order valence-electron chi connectivity index (χ1n) is 6.82. The van der Waals surface area contributed by atoms with Crippen LogP contribution < -0.4 is 4.74 Å². The Hall–Kier alpha value is -3.02. The molecule has 0 spiro atoms. The summed E-state index contributed by atoms with van der Waals surface area (Å²) in [6, 6.07) is 5.97. The molecule has 0 atom stereocenters. The number of carbonyl (C=O) groups is 2. The van der Waals surface area contributed by atoms with E-state index in [1.165, 1.54) is 37.3 Å². The number of ether oxygens (including phenoxy) is 2. The topological polar surface area (TPSA) is 52.6 Å². The molecule has 0 saturated heterocycles. The summed E-state index contributed by atoms with van der Waals surface area (Å²) in [4.78, 5) is 21.7. The summed E-state index contributed by atoms with van der Waals surface area (Å²) in [5.41, 5.74) is 0.668. The molecule has 1 rings (SSSR count). The van der Waals surface area contributed by atoms with Gasteiger partial charge in [0.1, 0.15) is 11.6 Å². The lowest BCUT2D eigenvalue weighted by atomic mass is 10.1. The molecule has 0 fully saturated rings. The predicted octanol–water partition coefficient (Wildman–Crippen LogP) is 4.41. The van der Waals surface area contributed by atoms with Crippen molar-refractivity contribution in [3.05, 3.63) is 72.0 Å². The second-order valence-corrected chi connectivity index (χ2v) is 4.70. The number of hydrogen-bond donors (Lipinski definition) is 0. The molecule has 0 aliphatic carbocycles. The van der Waals surface area contributed by atoms with Gasteiger partial charge >= 0.3 is 5.97 Å². The Morgan fingerprint density at radius 1 is 1.17 bits per heavy atom. The molecule has 0 unspecified atom stereocenters. The Labute approximate surface area is 138 Å². The van der Waals surface area contributed by atoms with Crippen LogP contribution in [0.25, 0.3) is 5.57 Å². The van der Waals surface area contributed by atoms with Gasteiger partial charge < -0.3 is 9.47 Å². The molecule has 126 valence electrons. The van der Waals surface area contributed by atoms with Crippen molar-refractivity contribution in [3.63, 3.8) is 0 Å². The molecule has 0 heterocycles. The minimum atomic E-state index is -0.784. The zero-order valence-electron chi connectivity index (χ0n) is 13.2. The van der Waals surface area contributed by atoms with Gasteiger partial charge in [0, 0.05) is 11.1 Å². The third-order valence-electron chi connectivity index (χ3n) is 2.79. The Balaban J connectivity index is 2.98. The van der Waals surface area contributed by atoms with Crippen molar-refractivity contribution in [3.8, 4) is 5.75 Å². The maximum Gasteiger partial charge on any atom is 0.338 e. The van der Waals surface area contributed by atoms with Gasteiger partial charge in [0.2, 0.25) is 0 Å². The monoisotopic (exact) mass is 334 g/mol. The number of carbonyl (C=O) groups excluding carboxylic acids is 2. The summed E-state index contributed by atoms with van der Waals surface area (Å²) < 4.78 is 36.0. The molecule has 0 aromatic heterocycles. The number of halogens is 2. The van der Waals surface area contributed by atoms with Crippen LogP contribution in [0.3, 0.4) is 0 Å². The Morgan fingerprint density at radius 3 is 2.25 bits per heavy atom. The molecule has 0 bridgehead atoms. The van der Waals surface area contributed by atoms with Gasteiger partial charge in [-0.1, -0.05) is 18.7 Å². The van der Waals surface area contributed by atoms with Crippen LogP contribution in [-0.2, 0) is 14.3 Å². The van der Waals surface area contributed by atoms with Crippen LogP contribution in [0.1, 0.15) is 19.4 Å². The summed E-state index contributed by atoms with van der Waals surface area (Å²) in [6.07, 6.45) is 2.70. The maximum atomic E-state index is 13.4. The van der Waals surface area contributed by atoms with Crippen LogP contribution >= 0.6 is 0 Å². The van der Waals surface area contributed by atoms with E-state index < -0.39 is 11.8 Å². The van der Waals surface area contributed by atoms with Crippen molar-refractivity contribution in [2.45, 2.75) is 13.8 Å². The standard InChI is InChI=1S/C18H16F2O4/c1-12(2)18(22)24-17(13(3)20)9-6-15(10-19)14-4-7-16(8-5-14)23-11-21/h4-11H,1H2,2-3H3/b9-6-,15-10-,17-13-. The zero-order valence-corrected chi connectivity index (χ0v) is 13.2. The van der Waals surface area contributed by atoms with Gasteiger partial charge in [-0.2, -0.15) is 0 Å². The molecule has 0 aliphatic rings. The summed E-state index contributed by atoms with van der Waals surface area (Å²) in [6.45, 7) is 6.20. The molecule has 0 N–H and O–H groups in total. The van der Waals surface area contributed by atoms with Crippen LogP contribution in [0.2, 0.25) is 0 Å². The number of allylic oxidation sites excluding steroid dienone is 4. The molecular formula is C18H16F2O4. The fraction of sp³-hybridized carbons (Fsp3) is 0.111. The molecule has 1 aromatic rings. The van der Waals surface area contributed by atoms with Crippen LogP contribution in [-0.4, -0.2) is 12.4 Å². The molecule has 6 heteroatoms. The minimum Gasteiger partial charge on any atom is -0.429 e. The molecule has 24 heavy (non-hydrogen) atoms. The SMILES string of the molecule is C=C(C)C(=O)OC(/C=C\C(=C\F)c1ccc(OC=O)cc1)=C(/C)F. The van der Waals surface area contributed by atoms with E-state index in [0.717, 1.165) is 13.0 Å². The third-order valence-corrected chi connectivity index (χ3v) is 2.79. The Morgan fingerprint density at radius 2 is 1.79 bits per heavy atom. The van der Waals surface area contributed by atoms with Gasteiger partial charge in [-0.3, -0.25) is 4.79 Å². The zero-order chi connectivity index (χ0) is 18.1. The lowest BCUT2D eigenvalue weighted by molar-refractivity contribution is -0.134. The molecule has 0 amide bonds. The minimum absolute atomic E-state index is 0.106. The highest BCUT2D eigenvalue weighted by Crippen LogP contribution is 2.21. The summed E-state index contributed by atoms with van der Waals surface area (Å²) in [5, 5.41) is 0. The normalized spacial score (nSPS) is 12.6. The van der Waals surface area contributed by atoms with Crippen molar-refractivity contribution in [1.82, 2.24) is 0 Å². The van der Waals surface area contributed by atoms with E-state index in [2.05, 4.69) is 11.3 Å². The van der Waals surface area contributed by atoms with Gasteiger partial charge in [-0.25, -0.2) is 13.6 Å². The fourth-order valence-corrected chi connectivity index (χ4v) is 1.55. The van der Waals surface area contributed by atoms with E-state index in [-0.39, 0.29) is 23.4 Å². The van der Waals surface area contributed by atoms with E-state index in [0.29, 0.717) is 17.6 Å². The van der Waals surface area contributed by atoms with Crippen molar-refractivity contribution in [2.24, 2.45) is 0 Å². The van der Waals surface area contributed by atoms with Crippen molar-refractivity contribution in [1.29, 1.82) is 0 Å². The van der Waals surface area contributed by atoms with Crippen LogP contribution in [0.4, 0.5) is 8.78 Å². The highest BCUT2D eigenvalue weighted by atomic mass is 19.1. The molecule has 0 aliphatic heterocycles. The largest absolute Gasteiger partial charge is 0.429 e. The van der Waals surface area contributed by atoms with E-state index in [9.17, 15) is 18.4 Å². The first kappa shape index (κ1) is 19.0. The smallest absolute Gasteiger partial charge is 0.338 e. The second-order valence-electron chi connectivity index (χ2n) is 4.70. The average Bonchev–Trinajstić information content (AvgIpc) is 2.55. The highest BCUT2D eigenvalue weighted by molar-refractivity contribution is 5.88. The van der Waals surface area contributed by atoms with E-state index in [1.807, 2.05) is 0 Å². The van der Waals surface area contributed by atoms with E-state index >= 15 is 0 Å². The summed E-state index contributed by atoms with van der Waals surface area (Å²) >= 11 is 0. The number of esters is 1. The van der Waals surface area contributed by atoms with Gasteiger partial charge in [0.25, 0.3) is 6.47 Å². The van der Waals surface area contributed by atoms with Gasteiger partial charge in [0.15, 0.2) is 5.76 Å². The van der Waals surface area contributed by atoms with E-state index in [1.54, 1.807) is 0 Å². The molecule has 1 aromatic carbocycles. The maximum absolute atomic E-state index is 13.4.